The fourth-order valence-corrected chi connectivity index (χ4v) is 3.19. The molecule has 0 spiro atoms. The summed E-state index contributed by atoms with van der Waals surface area (Å²) in [5, 5.41) is 9.31. The second kappa shape index (κ2) is 6.95. The van der Waals surface area contributed by atoms with Gasteiger partial charge in [-0.1, -0.05) is 31.9 Å². The topological polar surface area (TPSA) is 23.5 Å². The lowest BCUT2D eigenvalue weighted by atomic mass is 9.91. The number of aromatic hydroxyl groups is 1. The van der Waals surface area contributed by atoms with E-state index in [0.717, 1.165) is 12.3 Å². The molecule has 1 aliphatic heterocycles. The molecule has 0 aliphatic carbocycles. The Labute approximate surface area is 117 Å². The van der Waals surface area contributed by atoms with Crippen molar-refractivity contribution in [1.29, 1.82) is 0 Å². The number of piperidine rings is 1. The molecular formula is C17H27NO. The van der Waals surface area contributed by atoms with Gasteiger partial charge in [0.05, 0.1) is 0 Å². The molecule has 106 valence electrons. The lowest BCUT2D eigenvalue weighted by Gasteiger charge is -2.36. The highest BCUT2D eigenvalue weighted by Crippen LogP contribution is 2.24. The fourth-order valence-electron chi connectivity index (χ4n) is 3.19. The zero-order chi connectivity index (χ0) is 13.7. The molecule has 0 saturated carbocycles. The minimum atomic E-state index is 0.358. The molecule has 2 heteroatoms. The second-order valence-corrected chi connectivity index (χ2v) is 5.99. The standard InChI is InChI=1S/C17H27NO/c1-3-4-15-9-11-18(12-10-15)14(2)13-16-5-7-17(19)8-6-16/h5-8,14-15,19H,3-4,9-13H2,1-2H3. The average Bonchev–Trinajstić information content (AvgIpc) is 2.42. The van der Waals surface area contributed by atoms with Crippen molar-refractivity contribution in [1.82, 2.24) is 4.90 Å². The van der Waals surface area contributed by atoms with Gasteiger partial charge in [-0.05, 0) is 62.9 Å². The Balaban J connectivity index is 1.81. The van der Waals surface area contributed by atoms with Crippen LogP contribution >= 0.6 is 0 Å². The smallest absolute Gasteiger partial charge is 0.115 e. The molecule has 1 aliphatic rings. The summed E-state index contributed by atoms with van der Waals surface area (Å²) >= 11 is 0. The molecule has 2 nitrogen and oxygen atoms in total. The Morgan fingerprint density at radius 3 is 2.42 bits per heavy atom. The van der Waals surface area contributed by atoms with Gasteiger partial charge in [0.1, 0.15) is 5.75 Å². The summed E-state index contributed by atoms with van der Waals surface area (Å²) in [6, 6.07) is 8.25. The third-order valence-electron chi connectivity index (χ3n) is 4.44. The largest absolute Gasteiger partial charge is 0.508 e. The lowest BCUT2D eigenvalue weighted by molar-refractivity contribution is 0.136. The van der Waals surface area contributed by atoms with Crippen molar-refractivity contribution in [3.05, 3.63) is 29.8 Å². The van der Waals surface area contributed by atoms with Crippen LogP contribution in [0.4, 0.5) is 0 Å². The summed E-state index contributed by atoms with van der Waals surface area (Å²) in [6.07, 6.45) is 6.55. The molecule has 1 atom stereocenters. The highest BCUT2D eigenvalue weighted by molar-refractivity contribution is 5.26. The summed E-state index contributed by atoms with van der Waals surface area (Å²) in [5.74, 6) is 1.32. The zero-order valence-electron chi connectivity index (χ0n) is 12.3. The summed E-state index contributed by atoms with van der Waals surface area (Å²) in [7, 11) is 0. The van der Waals surface area contributed by atoms with E-state index in [1.54, 1.807) is 12.1 Å². The highest BCUT2D eigenvalue weighted by atomic mass is 16.3. The van der Waals surface area contributed by atoms with E-state index < -0.39 is 0 Å². The van der Waals surface area contributed by atoms with Crippen LogP contribution in [0, 0.1) is 5.92 Å². The van der Waals surface area contributed by atoms with Gasteiger partial charge in [0.2, 0.25) is 0 Å². The van der Waals surface area contributed by atoms with Crippen molar-refractivity contribution in [2.24, 2.45) is 5.92 Å². The van der Waals surface area contributed by atoms with Gasteiger partial charge in [0.15, 0.2) is 0 Å². The fraction of sp³-hybridized carbons (Fsp3) is 0.647. The first-order valence-electron chi connectivity index (χ1n) is 7.71. The van der Waals surface area contributed by atoms with Crippen LogP contribution in [0.15, 0.2) is 24.3 Å². The third kappa shape index (κ3) is 4.24. The molecule has 1 fully saturated rings. The number of phenols is 1. The van der Waals surface area contributed by atoms with Crippen LogP contribution in [-0.2, 0) is 6.42 Å². The first kappa shape index (κ1) is 14.4. The van der Waals surface area contributed by atoms with Crippen LogP contribution in [0.3, 0.4) is 0 Å². The average molecular weight is 261 g/mol. The molecule has 2 rings (SSSR count). The highest BCUT2D eigenvalue weighted by Gasteiger charge is 2.22. The summed E-state index contributed by atoms with van der Waals surface area (Å²) in [4.78, 5) is 2.62. The number of hydrogen-bond donors (Lipinski definition) is 1. The van der Waals surface area contributed by atoms with Crippen molar-refractivity contribution in [2.45, 2.75) is 52.0 Å². The SMILES string of the molecule is CCCC1CCN(C(C)Cc2ccc(O)cc2)CC1. The van der Waals surface area contributed by atoms with Gasteiger partial charge in [-0.2, -0.15) is 0 Å². The molecule has 1 saturated heterocycles. The minimum absolute atomic E-state index is 0.358. The van der Waals surface area contributed by atoms with Crippen LogP contribution in [0.2, 0.25) is 0 Å². The van der Waals surface area contributed by atoms with E-state index in [1.165, 1.54) is 44.3 Å². The van der Waals surface area contributed by atoms with E-state index in [9.17, 15) is 5.11 Å². The zero-order valence-corrected chi connectivity index (χ0v) is 12.3. The predicted molar refractivity (Wildman–Crippen MR) is 80.5 cm³/mol. The van der Waals surface area contributed by atoms with Gasteiger partial charge >= 0.3 is 0 Å². The van der Waals surface area contributed by atoms with Gasteiger partial charge < -0.3 is 10.0 Å². The molecule has 0 aromatic heterocycles. The summed E-state index contributed by atoms with van der Waals surface area (Å²) in [6.45, 7) is 7.13. The molecule has 0 radical (unpaired) electrons. The van der Waals surface area contributed by atoms with Gasteiger partial charge in [0, 0.05) is 6.04 Å². The normalized spacial score (nSPS) is 19.5. The van der Waals surface area contributed by atoms with E-state index in [2.05, 4.69) is 18.7 Å². The van der Waals surface area contributed by atoms with Crippen molar-refractivity contribution in [2.75, 3.05) is 13.1 Å². The Kier molecular flexibility index (Phi) is 5.26. The number of phenolic OH excluding ortho intramolecular Hbond substituents is 1. The van der Waals surface area contributed by atoms with Gasteiger partial charge in [-0.15, -0.1) is 0 Å². The Morgan fingerprint density at radius 2 is 1.84 bits per heavy atom. The van der Waals surface area contributed by atoms with E-state index in [1.807, 2.05) is 12.1 Å². The van der Waals surface area contributed by atoms with Gasteiger partial charge in [-0.3, -0.25) is 0 Å². The van der Waals surface area contributed by atoms with Crippen molar-refractivity contribution in [3.8, 4) is 5.75 Å². The van der Waals surface area contributed by atoms with Crippen molar-refractivity contribution < 1.29 is 5.11 Å². The first-order valence-corrected chi connectivity index (χ1v) is 7.71. The molecule has 1 heterocycles. The van der Waals surface area contributed by atoms with Crippen LogP contribution in [0.1, 0.15) is 45.1 Å². The van der Waals surface area contributed by atoms with Crippen molar-refractivity contribution >= 4 is 0 Å². The quantitative estimate of drug-likeness (QED) is 0.870. The number of benzene rings is 1. The maximum atomic E-state index is 9.31. The maximum Gasteiger partial charge on any atom is 0.115 e. The molecule has 1 unspecified atom stereocenters. The predicted octanol–water partition coefficient (Wildman–Crippen LogP) is 3.84. The van der Waals surface area contributed by atoms with Gasteiger partial charge in [0.25, 0.3) is 0 Å². The number of hydrogen-bond acceptors (Lipinski definition) is 2. The molecule has 0 amide bonds. The summed E-state index contributed by atoms with van der Waals surface area (Å²) < 4.78 is 0. The second-order valence-electron chi connectivity index (χ2n) is 5.99. The Morgan fingerprint density at radius 1 is 1.21 bits per heavy atom. The lowest BCUT2D eigenvalue weighted by Crippen LogP contribution is -2.40. The Bertz CT molecular complexity index is 365. The third-order valence-corrected chi connectivity index (χ3v) is 4.44. The van der Waals surface area contributed by atoms with Crippen LogP contribution in [0.5, 0.6) is 5.75 Å². The number of nitrogens with zero attached hydrogens (tertiary/aromatic N) is 1. The first-order chi connectivity index (χ1) is 9.19. The van der Waals surface area contributed by atoms with Gasteiger partial charge in [-0.25, -0.2) is 0 Å². The van der Waals surface area contributed by atoms with Crippen LogP contribution < -0.4 is 0 Å². The minimum Gasteiger partial charge on any atom is -0.508 e. The molecule has 0 bridgehead atoms. The van der Waals surface area contributed by atoms with Crippen LogP contribution in [0.25, 0.3) is 0 Å². The van der Waals surface area contributed by atoms with Crippen LogP contribution in [-0.4, -0.2) is 29.1 Å². The molecule has 1 aromatic rings. The number of likely N-dealkylation sites (tertiary alicyclic amines) is 1. The molecule has 1 aromatic carbocycles. The van der Waals surface area contributed by atoms with E-state index in [0.29, 0.717) is 11.8 Å². The monoisotopic (exact) mass is 261 g/mol. The maximum absolute atomic E-state index is 9.31. The number of rotatable bonds is 5. The van der Waals surface area contributed by atoms with E-state index in [-0.39, 0.29) is 0 Å². The molecule has 19 heavy (non-hydrogen) atoms. The van der Waals surface area contributed by atoms with Crippen molar-refractivity contribution in [3.63, 3.8) is 0 Å². The molecule has 1 N–H and O–H groups in total. The van der Waals surface area contributed by atoms with E-state index >= 15 is 0 Å². The van der Waals surface area contributed by atoms with E-state index in [4.69, 9.17) is 0 Å². The molecular weight excluding hydrogens is 234 g/mol. The summed E-state index contributed by atoms with van der Waals surface area (Å²) in [5.41, 5.74) is 1.32. The Hall–Kier alpha value is -1.02.